The summed E-state index contributed by atoms with van der Waals surface area (Å²) in [5.41, 5.74) is 8.42. The van der Waals surface area contributed by atoms with E-state index < -0.39 is 0 Å². The summed E-state index contributed by atoms with van der Waals surface area (Å²) in [6, 6.07) is 17.4. The van der Waals surface area contributed by atoms with Crippen molar-refractivity contribution in [3.8, 4) is 0 Å². The summed E-state index contributed by atoms with van der Waals surface area (Å²) in [7, 11) is 0. The van der Waals surface area contributed by atoms with Crippen molar-refractivity contribution >= 4 is 18.3 Å². The lowest BCUT2D eigenvalue weighted by atomic mass is 10.1. The molecule has 0 saturated heterocycles. The first-order valence-electron chi connectivity index (χ1n) is 6.41. The molecule has 0 saturated carbocycles. The average Bonchev–Trinajstić information content (AvgIpc) is 2.47. The van der Waals surface area contributed by atoms with E-state index in [2.05, 4.69) is 5.32 Å². The highest BCUT2D eigenvalue weighted by atomic mass is 35.5. The lowest BCUT2D eigenvalue weighted by Crippen LogP contribution is -2.22. The quantitative estimate of drug-likeness (QED) is 0.889. The lowest BCUT2D eigenvalue weighted by molar-refractivity contribution is 0.0951. The van der Waals surface area contributed by atoms with E-state index in [0.717, 1.165) is 17.5 Å². The fraction of sp³-hybridized carbons (Fsp3) is 0.188. The van der Waals surface area contributed by atoms with Gasteiger partial charge in [-0.3, -0.25) is 4.79 Å². The summed E-state index contributed by atoms with van der Waals surface area (Å²) in [6.07, 6.45) is 0.839. The Morgan fingerprint density at radius 3 is 2.20 bits per heavy atom. The van der Waals surface area contributed by atoms with Crippen LogP contribution < -0.4 is 11.1 Å². The van der Waals surface area contributed by atoms with Crippen molar-refractivity contribution in [1.29, 1.82) is 0 Å². The predicted molar refractivity (Wildman–Crippen MR) is 84.1 cm³/mol. The van der Waals surface area contributed by atoms with Crippen LogP contribution in [0.3, 0.4) is 0 Å². The Kier molecular flexibility index (Phi) is 6.77. The number of rotatable bonds is 5. The molecule has 0 aliphatic rings. The monoisotopic (exact) mass is 290 g/mol. The molecule has 2 aromatic rings. The average molecular weight is 291 g/mol. The third kappa shape index (κ3) is 4.68. The molecular formula is C16H19ClN2O. The van der Waals surface area contributed by atoms with Crippen LogP contribution in [0.25, 0.3) is 0 Å². The van der Waals surface area contributed by atoms with Gasteiger partial charge in [-0.2, -0.15) is 0 Å². The van der Waals surface area contributed by atoms with Crippen LogP contribution in [0, 0.1) is 0 Å². The van der Waals surface area contributed by atoms with E-state index in [1.165, 1.54) is 0 Å². The number of hydrogen-bond acceptors (Lipinski definition) is 2. The summed E-state index contributed by atoms with van der Waals surface area (Å²) >= 11 is 0. The Morgan fingerprint density at radius 1 is 0.950 bits per heavy atom. The Bertz CT molecular complexity index is 526. The first-order chi connectivity index (χ1) is 9.29. The topological polar surface area (TPSA) is 55.1 Å². The maximum atomic E-state index is 12.0. The van der Waals surface area contributed by atoms with Crippen molar-refractivity contribution in [3.05, 3.63) is 71.3 Å². The molecule has 2 rings (SSSR count). The minimum absolute atomic E-state index is 0. The van der Waals surface area contributed by atoms with Gasteiger partial charge in [0.25, 0.3) is 5.91 Å². The van der Waals surface area contributed by atoms with E-state index in [9.17, 15) is 4.79 Å². The van der Waals surface area contributed by atoms with Crippen LogP contribution in [-0.2, 0) is 13.0 Å². The van der Waals surface area contributed by atoms with Gasteiger partial charge in [0.2, 0.25) is 0 Å². The molecule has 3 N–H and O–H groups in total. The highest BCUT2D eigenvalue weighted by Crippen LogP contribution is 2.05. The van der Waals surface area contributed by atoms with Crippen LogP contribution in [0.5, 0.6) is 0 Å². The van der Waals surface area contributed by atoms with Crippen LogP contribution in [0.15, 0.2) is 54.6 Å². The normalized spacial score (nSPS) is 9.65. The molecule has 0 fully saturated rings. The number of benzene rings is 2. The molecular weight excluding hydrogens is 272 g/mol. The summed E-state index contributed by atoms with van der Waals surface area (Å²) in [5, 5.41) is 2.90. The molecule has 2 aromatic carbocycles. The maximum absolute atomic E-state index is 12.0. The minimum atomic E-state index is -0.0526. The van der Waals surface area contributed by atoms with E-state index in [1.54, 1.807) is 0 Å². The molecule has 3 nitrogen and oxygen atoms in total. The van der Waals surface area contributed by atoms with Crippen molar-refractivity contribution in [2.75, 3.05) is 6.54 Å². The molecule has 0 spiro atoms. The largest absolute Gasteiger partial charge is 0.348 e. The number of hydrogen-bond donors (Lipinski definition) is 2. The number of carbonyl (C=O) groups is 1. The third-order valence-electron chi connectivity index (χ3n) is 2.95. The molecule has 0 aliphatic heterocycles. The molecule has 0 radical (unpaired) electrons. The zero-order chi connectivity index (χ0) is 13.5. The Hall–Kier alpha value is -1.84. The molecule has 0 unspecified atom stereocenters. The Balaban J connectivity index is 0.00000200. The second-order valence-electron chi connectivity index (χ2n) is 4.40. The molecule has 0 heterocycles. The zero-order valence-corrected chi connectivity index (χ0v) is 12.0. The third-order valence-corrected chi connectivity index (χ3v) is 2.95. The van der Waals surface area contributed by atoms with Gasteiger partial charge in [0.15, 0.2) is 0 Å². The molecule has 1 amide bonds. The van der Waals surface area contributed by atoms with E-state index in [-0.39, 0.29) is 18.3 Å². The van der Waals surface area contributed by atoms with Crippen molar-refractivity contribution in [2.45, 2.75) is 13.0 Å². The number of nitrogens with two attached hydrogens (primary N) is 1. The van der Waals surface area contributed by atoms with Gasteiger partial charge in [-0.15, -0.1) is 12.4 Å². The van der Waals surface area contributed by atoms with Crippen LogP contribution in [0.1, 0.15) is 21.5 Å². The van der Waals surface area contributed by atoms with Gasteiger partial charge < -0.3 is 11.1 Å². The number of nitrogens with one attached hydrogen (secondary N) is 1. The van der Waals surface area contributed by atoms with Gasteiger partial charge in [0.05, 0.1) is 0 Å². The smallest absolute Gasteiger partial charge is 0.251 e. The van der Waals surface area contributed by atoms with Gasteiger partial charge in [0, 0.05) is 12.1 Å². The van der Waals surface area contributed by atoms with Crippen molar-refractivity contribution < 1.29 is 4.79 Å². The summed E-state index contributed by atoms with van der Waals surface area (Å²) in [6.45, 7) is 1.17. The van der Waals surface area contributed by atoms with Crippen molar-refractivity contribution in [2.24, 2.45) is 5.73 Å². The molecule has 0 aromatic heterocycles. The molecule has 4 heteroatoms. The fourth-order valence-electron chi connectivity index (χ4n) is 1.87. The highest BCUT2D eigenvalue weighted by molar-refractivity contribution is 5.94. The van der Waals surface area contributed by atoms with E-state index in [4.69, 9.17) is 5.73 Å². The standard InChI is InChI=1S/C16H18N2O.ClH/c17-11-10-13-6-8-15(9-7-13)16(19)18-12-14-4-2-1-3-5-14;/h1-9H,10-12,17H2,(H,18,19);1H. The molecule has 20 heavy (non-hydrogen) atoms. The SMILES string of the molecule is Cl.NCCc1ccc(C(=O)NCc2ccccc2)cc1. The second-order valence-corrected chi connectivity index (χ2v) is 4.40. The van der Waals surface area contributed by atoms with Gasteiger partial charge in [-0.1, -0.05) is 42.5 Å². The van der Waals surface area contributed by atoms with Gasteiger partial charge in [-0.05, 0) is 36.2 Å². The van der Waals surface area contributed by atoms with E-state index >= 15 is 0 Å². The molecule has 0 atom stereocenters. The van der Waals surface area contributed by atoms with Gasteiger partial charge in [0.1, 0.15) is 0 Å². The van der Waals surface area contributed by atoms with Crippen LogP contribution >= 0.6 is 12.4 Å². The highest BCUT2D eigenvalue weighted by Gasteiger charge is 2.04. The summed E-state index contributed by atoms with van der Waals surface area (Å²) in [4.78, 5) is 12.0. The number of amides is 1. The molecule has 106 valence electrons. The van der Waals surface area contributed by atoms with Crippen LogP contribution in [0.2, 0.25) is 0 Å². The summed E-state index contributed by atoms with van der Waals surface area (Å²) < 4.78 is 0. The number of halogens is 1. The second kappa shape index (κ2) is 8.35. The molecule has 0 aliphatic carbocycles. The van der Waals surface area contributed by atoms with Gasteiger partial charge in [-0.25, -0.2) is 0 Å². The van der Waals surface area contributed by atoms with Crippen LogP contribution in [-0.4, -0.2) is 12.5 Å². The zero-order valence-electron chi connectivity index (χ0n) is 11.2. The first kappa shape index (κ1) is 16.2. The molecule has 0 bridgehead atoms. The maximum Gasteiger partial charge on any atom is 0.251 e. The van der Waals surface area contributed by atoms with E-state index in [0.29, 0.717) is 18.7 Å². The lowest BCUT2D eigenvalue weighted by Gasteiger charge is -2.06. The van der Waals surface area contributed by atoms with E-state index in [1.807, 2.05) is 54.6 Å². The predicted octanol–water partition coefficient (Wildman–Crippen LogP) is 2.54. The Labute approximate surface area is 125 Å². The number of carbonyl (C=O) groups excluding carboxylic acids is 1. The van der Waals surface area contributed by atoms with Crippen molar-refractivity contribution in [1.82, 2.24) is 5.32 Å². The van der Waals surface area contributed by atoms with Crippen LogP contribution in [0.4, 0.5) is 0 Å². The van der Waals surface area contributed by atoms with Crippen molar-refractivity contribution in [3.63, 3.8) is 0 Å². The first-order valence-corrected chi connectivity index (χ1v) is 6.41. The summed E-state index contributed by atoms with van der Waals surface area (Å²) in [5.74, 6) is -0.0526. The Morgan fingerprint density at radius 2 is 1.60 bits per heavy atom. The van der Waals surface area contributed by atoms with Gasteiger partial charge >= 0.3 is 0 Å². The minimum Gasteiger partial charge on any atom is -0.348 e. The fourth-order valence-corrected chi connectivity index (χ4v) is 1.87.